The first-order valence-corrected chi connectivity index (χ1v) is 5.77. The number of H-pyrrole nitrogens is 1. The quantitative estimate of drug-likeness (QED) is 0.706. The topological polar surface area (TPSA) is 90.2 Å². The van der Waals surface area contributed by atoms with Crippen molar-refractivity contribution >= 4 is 5.97 Å². The van der Waals surface area contributed by atoms with Gasteiger partial charge in [-0.2, -0.15) is 0 Å². The maximum Gasteiger partial charge on any atom is 0.323 e. The number of carbonyl (C=O) groups excluding carboxylic acids is 1. The van der Waals surface area contributed by atoms with E-state index in [2.05, 4.69) is 9.97 Å². The van der Waals surface area contributed by atoms with Gasteiger partial charge in [-0.05, 0) is 12.8 Å². The van der Waals surface area contributed by atoms with E-state index in [4.69, 9.17) is 15.2 Å². The van der Waals surface area contributed by atoms with Crippen molar-refractivity contribution in [2.75, 3.05) is 13.2 Å². The third-order valence-corrected chi connectivity index (χ3v) is 2.73. The molecule has 0 aliphatic carbocycles. The van der Waals surface area contributed by atoms with E-state index in [1.165, 1.54) is 0 Å². The van der Waals surface area contributed by atoms with Crippen molar-refractivity contribution in [1.82, 2.24) is 9.97 Å². The van der Waals surface area contributed by atoms with Gasteiger partial charge in [0.25, 0.3) is 0 Å². The molecule has 1 aliphatic heterocycles. The number of nitrogens with two attached hydrogens (primary N) is 1. The molecule has 6 nitrogen and oxygen atoms in total. The van der Waals surface area contributed by atoms with Crippen LogP contribution in [0.3, 0.4) is 0 Å². The zero-order chi connectivity index (χ0) is 12.1. The van der Waals surface area contributed by atoms with Crippen LogP contribution in [0.2, 0.25) is 0 Å². The highest BCUT2D eigenvalue weighted by atomic mass is 16.6. The van der Waals surface area contributed by atoms with E-state index >= 15 is 0 Å². The van der Waals surface area contributed by atoms with Gasteiger partial charge in [-0.3, -0.25) is 4.79 Å². The summed E-state index contributed by atoms with van der Waals surface area (Å²) in [4.78, 5) is 18.3. The maximum absolute atomic E-state index is 11.6. The number of aromatic nitrogens is 2. The number of imidazole rings is 1. The molecule has 94 valence electrons. The first-order valence-electron chi connectivity index (χ1n) is 5.77. The van der Waals surface area contributed by atoms with E-state index in [-0.39, 0.29) is 6.10 Å². The Morgan fingerprint density at radius 3 is 3.29 bits per heavy atom. The van der Waals surface area contributed by atoms with E-state index in [0.717, 1.165) is 25.1 Å². The first-order chi connectivity index (χ1) is 8.25. The minimum absolute atomic E-state index is 0.0401. The second-order valence-corrected chi connectivity index (χ2v) is 4.15. The fourth-order valence-electron chi connectivity index (χ4n) is 1.77. The predicted molar refractivity (Wildman–Crippen MR) is 60.2 cm³/mol. The minimum Gasteiger partial charge on any atom is -0.462 e. The van der Waals surface area contributed by atoms with Gasteiger partial charge in [0.05, 0.1) is 12.4 Å². The van der Waals surface area contributed by atoms with Crippen molar-refractivity contribution < 1.29 is 14.3 Å². The van der Waals surface area contributed by atoms with E-state index in [9.17, 15) is 4.79 Å². The molecule has 0 saturated carbocycles. The number of esters is 1. The van der Waals surface area contributed by atoms with Gasteiger partial charge in [-0.25, -0.2) is 4.98 Å². The predicted octanol–water partition coefficient (Wildman–Crippen LogP) is 0.00170. The molecule has 0 aromatic carbocycles. The van der Waals surface area contributed by atoms with Crippen molar-refractivity contribution in [2.45, 2.75) is 31.4 Å². The number of ether oxygens (including phenoxy) is 2. The molecule has 1 saturated heterocycles. The lowest BCUT2D eigenvalue weighted by atomic mass is 10.2. The van der Waals surface area contributed by atoms with Crippen LogP contribution in [-0.2, 0) is 20.7 Å². The molecule has 0 radical (unpaired) electrons. The van der Waals surface area contributed by atoms with Gasteiger partial charge < -0.3 is 20.2 Å². The lowest BCUT2D eigenvalue weighted by molar-refractivity contribution is -0.148. The number of nitrogens with one attached hydrogen (secondary N) is 1. The van der Waals surface area contributed by atoms with E-state index in [1.807, 2.05) is 0 Å². The van der Waals surface area contributed by atoms with Crippen molar-refractivity contribution in [2.24, 2.45) is 5.73 Å². The Balaban J connectivity index is 1.71. The molecule has 1 aromatic rings. The number of hydrogen-bond acceptors (Lipinski definition) is 5. The molecule has 0 bridgehead atoms. The molecule has 0 spiro atoms. The maximum atomic E-state index is 11.6. The molecule has 1 fully saturated rings. The van der Waals surface area contributed by atoms with Crippen LogP contribution < -0.4 is 5.73 Å². The summed E-state index contributed by atoms with van der Waals surface area (Å²) in [5.41, 5.74) is 6.56. The molecule has 0 amide bonds. The van der Waals surface area contributed by atoms with Gasteiger partial charge in [0.2, 0.25) is 0 Å². The molecule has 2 heterocycles. The highest BCUT2D eigenvalue weighted by Crippen LogP contribution is 2.12. The van der Waals surface area contributed by atoms with Crippen molar-refractivity contribution in [3.05, 3.63) is 18.2 Å². The van der Waals surface area contributed by atoms with Crippen LogP contribution in [0.4, 0.5) is 0 Å². The van der Waals surface area contributed by atoms with E-state index < -0.39 is 12.0 Å². The van der Waals surface area contributed by atoms with Gasteiger partial charge in [-0.1, -0.05) is 0 Å². The highest BCUT2D eigenvalue weighted by Gasteiger charge is 2.21. The SMILES string of the molecule is NC(Cc1cnc[nH]1)C(=O)OCC1CCCO1. The Labute approximate surface area is 99.5 Å². The van der Waals surface area contributed by atoms with E-state index in [1.54, 1.807) is 12.5 Å². The third-order valence-electron chi connectivity index (χ3n) is 2.73. The van der Waals surface area contributed by atoms with Gasteiger partial charge in [0, 0.05) is 24.9 Å². The number of carbonyl (C=O) groups is 1. The molecule has 1 aliphatic rings. The summed E-state index contributed by atoms with van der Waals surface area (Å²) in [7, 11) is 0. The average Bonchev–Trinajstić information content (AvgIpc) is 2.98. The summed E-state index contributed by atoms with van der Waals surface area (Å²) in [6.07, 6.45) is 5.63. The molecular weight excluding hydrogens is 222 g/mol. The van der Waals surface area contributed by atoms with Crippen LogP contribution in [0.5, 0.6) is 0 Å². The fourth-order valence-corrected chi connectivity index (χ4v) is 1.77. The van der Waals surface area contributed by atoms with Crippen LogP contribution in [0, 0.1) is 0 Å². The summed E-state index contributed by atoms with van der Waals surface area (Å²) in [6, 6.07) is -0.656. The second kappa shape index (κ2) is 5.79. The molecule has 3 N–H and O–H groups in total. The monoisotopic (exact) mass is 239 g/mol. The largest absolute Gasteiger partial charge is 0.462 e. The molecule has 2 unspecified atom stereocenters. The van der Waals surface area contributed by atoms with Crippen LogP contribution in [0.1, 0.15) is 18.5 Å². The van der Waals surface area contributed by atoms with Crippen LogP contribution >= 0.6 is 0 Å². The molecule has 6 heteroatoms. The second-order valence-electron chi connectivity index (χ2n) is 4.15. The van der Waals surface area contributed by atoms with Gasteiger partial charge >= 0.3 is 5.97 Å². The number of aromatic amines is 1. The van der Waals surface area contributed by atoms with Crippen LogP contribution in [0.15, 0.2) is 12.5 Å². The van der Waals surface area contributed by atoms with Gasteiger partial charge in [0.15, 0.2) is 0 Å². The average molecular weight is 239 g/mol. The van der Waals surface area contributed by atoms with Crippen molar-refractivity contribution in [1.29, 1.82) is 0 Å². The van der Waals surface area contributed by atoms with Gasteiger partial charge in [-0.15, -0.1) is 0 Å². The molecule has 2 atom stereocenters. The smallest absolute Gasteiger partial charge is 0.323 e. The zero-order valence-electron chi connectivity index (χ0n) is 9.59. The van der Waals surface area contributed by atoms with Gasteiger partial charge in [0.1, 0.15) is 12.6 Å². The Bertz CT molecular complexity index is 347. The Morgan fingerprint density at radius 1 is 1.76 bits per heavy atom. The molecular formula is C11H17N3O3. The number of rotatable bonds is 5. The Hall–Kier alpha value is -1.40. The fraction of sp³-hybridized carbons (Fsp3) is 0.636. The summed E-state index contributed by atoms with van der Waals surface area (Å²) < 4.78 is 10.5. The van der Waals surface area contributed by atoms with Crippen molar-refractivity contribution in [3.8, 4) is 0 Å². The van der Waals surface area contributed by atoms with E-state index in [0.29, 0.717) is 13.0 Å². The molecule has 1 aromatic heterocycles. The lowest BCUT2D eigenvalue weighted by Gasteiger charge is -2.13. The van der Waals surface area contributed by atoms with Crippen LogP contribution in [0.25, 0.3) is 0 Å². The third kappa shape index (κ3) is 3.54. The Morgan fingerprint density at radius 2 is 2.65 bits per heavy atom. The first kappa shape index (κ1) is 12.1. The standard InChI is InChI=1S/C11H17N3O3/c12-10(4-8-5-13-7-14-8)11(15)17-6-9-2-1-3-16-9/h5,7,9-10H,1-4,6,12H2,(H,13,14). The number of nitrogens with zero attached hydrogens (tertiary/aromatic N) is 1. The summed E-state index contributed by atoms with van der Waals surface area (Å²) in [5, 5.41) is 0. The van der Waals surface area contributed by atoms with Crippen molar-refractivity contribution in [3.63, 3.8) is 0 Å². The van der Waals surface area contributed by atoms with Crippen LogP contribution in [-0.4, -0.2) is 41.3 Å². The lowest BCUT2D eigenvalue weighted by Crippen LogP contribution is -2.36. The molecule has 17 heavy (non-hydrogen) atoms. The summed E-state index contributed by atoms with van der Waals surface area (Å²) >= 11 is 0. The summed E-state index contributed by atoms with van der Waals surface area (Å²) in [5.74, 6) is -0.393. The zero-order valence-corrected chi connectivity index (χ0v) is 9.59. The highest BCUT2D eigenvalue weighted by molar-refractivity contribution is 5.75. The summed E-state index contributed by atoms with van der Waals surface area (Å²) in [6.45, 7) is 1.05. The number of hydrogen-bond donors (Lipinski definition) is 2. The normalized spacial score (nSPS) is 21.4. The molecule has 2 rings (SSSR count). The Kier molecular flexibility index (Phi) is 4.11. The minimum atomic E-state index is -0.656.